The predicted molar refractivity (Wildman–Crippen MR) is 131 cm³/mol. The molecule has 0 aliphatic carbocycles. The number of benzene rings is 2. The Morgan fingerprint density at radius 2 is 1.91 bits per heavy atom. The number of aromatic nitrogens is 3. The maximum atomic E-state index is 13.1. The Labute approximate surface area is 203 Å². The molecule has 2 aromatic carbocycles. The van der Waals surface area contributed by atoms with E-state index in [1.807, 2.05) is 47.0 Å². The standard InChI is InChI=1S/C26H25N5O2S/c1-19-11-12-22(16-20(19)2)31-25(21-8-4-3-5-9-21)28-29-26(31)34-18-24(32)30(14-7-13-27)17-23-10-6-15-33-23/h3-6,8-12,15-16H,7,14,17-18H2,1-2H3. The second-order valence-electron chi connectivity index (χ2n) is 7.87. The van der Waals surface area contributed by atoms with Crippen LogP contribution < -0.4 is 0 Å². The van der Waals surface area contributed by atoms with E-state index in [-0.39, 0.29) is 18.1 Å². The molecule has 4 aromatic rings. The lowest BCUT2D eigenvalue weighted by Crippen LogP contribution is -2.32. The molecule has 1 amide bonds. The van der Waals surface area contributed by atoms with Gasteiger partial charge in [0.2, 0.25) is 5.91 Å². The van der Waals surface area contributed by atoms with Crippen LogP contribution in [-0.4, -0.2) is 37.9 Å². The lowest BCUT2D eigenvalue weighted by molar-refractivity contribution is -0.129. The van der Waals surface area contributed by atoms with Gasteiger partial charge in [-0.15, -0.1) is 10.2 Å². The second-order valence-corrected chi connectivity index (χ2v) is 8.81. The Morgan fingerprint density at radius 3 is 2.62 bits per heavy atom. The van der Waals surface area contributed by atoms with Crippen molar-refractivity contribution in [2.75, 3.05) is 12.3 Å². The van der Waals surface area contributed by atoms with Gasteiger partial charge in [0.15, 0.2) is 11.0 Å². The fourth-order valence-corrected chi connectivity index (χ4v) is 4.37. The van der Waals surface area contributed by atoms with E-state index in [4.69, 9.17) is 9.68 Å². The summed E-state index contributed by atoms with van der Waals surface area (Å²) >= 11 is 1.33. The first kappa shape index (κ1) is 23.3. The van der Waals surface area contributed by atoms with Gasteiger partial charge in [-0.25, -0.2) is 0 Å². The van der Waals surface area contributed by atoms with Crippen molar-refractivity contribution >= 4 is 17.7 Å². The number of hydrogen-bond acceptors (Lipinski definition) is 6. The molecule has 2 aromatic heterocycles. The zero-order valence-corrected chi connectivity index (χ0v) is 20.0. The number of nitriles is 1. The minimum absolute atomic E-state index is 0.0902. The van der Waals surface area contributed by atoms with Gasteiger partial charge in [-0.2, -0.15) is 5.26 Å². The third kappa shape index (κ3) is 5.38. The van der Waals surface area contributed by atoms with Crippen molar-refractivity contribution in [1.82, 2.24) is 19.7 Å². The van der Waals surface area contributed by atoms with Crippen molar-refractivity contribution in [3.05, 3.63) is 83.8 Å². The van der Waals surface area contributed by atoms with Crippen LogP contribution in [0.4, 0.5) is 0 Å². The third-order valence-electron chi connectivity index (χ3n) is 5.51. The highest BCUT2D eigenvalue weighted by Crippen LogP contribution is 2.29. The summed E-state index contributed by atoms with van der Waals surface area (Å²) in [5, 5.41) is 18.5. The number of nitrogens with zero attached hydrogens (tertiary/aromatic N) is 5. The Bertz CT molecular complexity index is 1290. The van der Waals surface area contributed by atoms with E-state index >= 15 is 0 Å². The number of rotatable bonds is 9. The van der Waals surface area contributed by atoms with Gasteiger partial charge in [0.05, 0.1) is 36.7 Å². The number of amides is 1. The molecule has 0 saturated heterocycles. The highest BCUT2D eigenvalue weighted by atomic mass is 32.2. The van der Waals surface area contributed by atoms with Gasteiger partial charge in [-0.1, -0.05) is 48.2 Å². The molecule has 7 nitrogen and oxygen atoms in total. The summed E-state index contributed by atoms with van der Waals surface area (Å²) in [5.74, 6) is 1.48. The molecule has 0 bridgehead atoms. The van der Waals surface area contributed by atoms with Crippen molar-refractivity contribution < 1.29 is 9.21 Å². The van der Waals surface area contributed by atoms with Gasteiger partial charge in [0.1, 0.15) is 5.76 Å². The van der Waals surface area contributed by atoms with Crippen molar-refractivity contribution in [3.63, 3.8) is 0 Å². The van der Waals surface area contributed by atoms with Crippen LogP contribution in [-0.2, 0) is 11.3 Å². The summed E-state index contributed by atoms with van der Waals surface area (Å²) in [5.41, 5.74) is 4.26. The Hall–Kier alpha value is -3.83. The van der Waals surface area contributed by atoms with Gasteiger partial charge in [-0.05, 0) is 49.2 Å². The van der Waals surface area contributed by atoms with E-state index in [0.717, 1.165) is 17.1 Å². The van der Waals surface area contributed by atoms with Crippen LogP contribution in [0.25, 0.3) is 17.1 Å². The number of carbonyl (C=O) groups excluding carboxylic acids is 1. The minimum Gasteiger partial charge on any atom is -0.467 e. The summed E-state index contributed by atoms with van der Waals surface area (Å²) in [6.45, 7) is 4.82. The molecule has 0 N–H and O–H groups in total. The molecule has 172 valence electrons. The number of furan rings is 1. The van der Waals surface area contributed by atoms with Crippen LogP contribution in [0, 0.1) is 25.2 Å². The Morgan fingerprint density at radius 1 is 1.09 bits per heavy atom. The van der Waals surface area contributed by atoms with Crippen LogP contribution in [0.15, 0.2) is 76.5 Å². The first-order valence-electron chi connectivity index (χ1n) is 10.9. The van der Waals surface area contributed by atoms with E-state index in [2.05, 4.69) is 42.2 Å². The smallest absolute Gasteiger partial charge is 0.233 e. The molecule has 0 atom stereocenters. The third-order valence-corrected chi connectivity index (χ3v) is 6.43. The molecule has 0 fully saturated rings. The van der Waals surface area contributed by atoms with E-state index in [1.165, 1.54) is 22.9 Å². The highest BCUT2D eigenvalue weighted by Gasteiger charge is 2.20. The number of aryl methyl sites for hydroxylation is 2. The SMILES string of the molecule is Cc1ccc(-n2c(SCC(=O)N(CCC#N)Cc3ccco3)nnc2-c2ccccc2)cc1C. The first-order valence-corrected chi connectivity index (χ1v) is 11.9. The quantitative estimate of drug-likeness (QED) is 0.313. The predicted octanol–water partition coefficient (Wildman–Crippen LogP) is 5.18. The van der Waals surface area contributed by atoms with Gasteiger partial charge >= 0.3 is 0 Å². The molecule has 0 aliphatic heterocycles. The summed E-state index contributed by atoms with van der Waals surface area (Å²) in [4.78, 5) is 14.7. The van der Waals surface area contributed by atoms with Crippen molar-refractivity contribution in [3.8, 4) is 23.1 Å². The maximum Gasteiger partial charge on any atom is 0.233 e. The molecule has 0 aliphatic rings. The molecular formula is C26H25N5O2S. The number of thioether (sulfide) groups is 1. The van der Waals surface area contributed by atoms with Crippen molar-refractivity contribution in [2.24, 2.45) is 0 Å². The zero-order valence-electron chi connectivity index (χ0n) is 19.1. The molecule has 8 heteroatoms. The Kier molecular flexibility index (Phi) is 7.45. The van der Waals surface area contributed by atoms with E-state index < -0.39 is 0 Å². The number of hydrogen-bond donors (Lipinski definition) is 0. The lowest BCUT2D eigenvalue weighted by Gasteiger charge is -2.20. The normalized spacial score (nSPS) is 10.7. The summed E-state index contributed by atoms with van der Waals surface area (Å²) in [6, 6.07) is 21.8. The summed E-state index contributed by atoms with van der Waals surface area (Å²) in [6.07, 6.45) is 1.84. The average Bonchev–Trinajstić information content (AvgIpc) is 3.52. The van der Waals surface area contributed by atoms with E-state index in [9.17, 15) is 4.79 Å². The monoisotopic (exact) mass is 471 g/mol. The molecular weight excluding hydrogens is 446 g/mol. The maximum absolute atomic E-state index is 13.1. The minimum atomic E-state index is -0.0902. The molecule has 0 radical (unpaired) electrons. The van der Waals surface area contributed by atoms with Gasteiger partial charge < -0.3 is 9.32 Å². The first-order chi connectivity index (χ1) is 16.6. The van der Waals surface area contributed by atoms with Gasteiger partial charge in [0.25, 0.3) is 0 Å². The fraction of sp³-hybridized carbons (Fsp3) is 0.231. The van der Waals surface area contributed by atoms with Crippen LogP contribution in [0.3, 0.4) is 0 Å². The van der Waals surface area contributed by atoms with Gasteiger partial charge in [-0.3, -0.25) is 9.36 Å². The van der Waals surface area contributed by atoms with Crippen LogP contribution >= 0.6 is 11.8 Å². The van der Waals surface area contributed by atoms with Gasteiger partial charge in [0, 0.05) is 12.1 Å². The molecule has 0 saturated carbocycles. The molecule has 34 heavy (non-hydrogen) atoms. The van der Waals surface area contributed by atoms with Crippen molar-refractivity contribution in [1.29, 1.82) is 5.26 Å². The lowest BCUT2D eigenvalue weighted by atomic mass is 10.1. The largest absolute Gasteiger partial charge is 0.467 e. The zero-order chi connectivity index (χ0) is 23.9. The summed E-state index contributed by atoms with van der Waals surface area (Å²) in [7, 11) is 0. The van der Waals surface area contributed by atoms with Crippen LogP contribution in [0.1, 0.15) is 23.3 Å². The highest BCUT2D eigenvalue weighted by molar-refractivity contribution is 7.99. The molecule has 0 unspecified atom stereocenters. The van der Waals surface area contributed by atoms with E-state index in [1.54, 1.807) is 17.2 Å². The second kappa shape index (κ2) is 10.9. The van der Waals surface area contributed by atoms with E-state index in [0.29, 0.717) is 24.0 Å². The molecule has 2 heterocycles. The molecule has 0 spiro atoms. The van der Waals surface area contributed by atoms with Crippen molar-refractivity contribution in [2.45, 2.75) is 32.0 Å². The van der Waals surface area contributed by atoms with Crippen LogP contribution in [0.2, 0.25) is 0 Å². The fourth-order valence-electron chi connectivity index (χ4n) is 3.52. The van der Waals surface area contributed by atoms with Crippen LogP contribution in [0.5, 0.6) is 0 Å². The molecule has 4 rings (SSSR count). The number of carbonyl (C=O) groups is 1. The topological polar surface area (TPSA) is 88.0 Å². The summed E-state index contributed by atoms with van der Waals surface area (Å²) < 4.78 is 7.39. The average molecular weight is 472 g/mol. The Balaban J connectivity index is 1.61.